The van der Waals surface area contributed by atoms with E-state index in [0.29, 0.717) is 24.6 Å². The largest absolute Gasteiger partial charge is 0.497 e. The summed E-state index contributed by atoms with van der Waals surface area (Å²) < 4.78 is 13.8. The number of methoxy groups -OCH3 is 1. The predicted molar refractivity (Wildman–Crippen MR) is 163 cm³/mol. The van der Waals surface area contributed by atoms with Crippen LogP contribution in [-0.4, -0.2) is 35.7 Å². The van der Waals surface area contributed by atoms with Gasteiger partial charge in [0.05, 0.1) is 24.8 Å². The number of nitrogens with one attached hydrogen (secondary N) is 1. The minimum absolute atomic E-state index is 0.0451. The second-order valence-corrected chi connectivity index (χ2v) is 10.7. The fourth-order valence-electron chi connectivity index (χ4n) is 4.99. The van der Waals surface area contributed by atoms with Crippen molar-refractivity contribution in [2.45, 2.75) is 71.8 Å². The molecule has 0 aliphatic heterocycles. The number of unbranched alkanes of at least 4 members (excludes halogenated alkanes) is 3. The second-order valence-electron chi connectivity index (χ2n) is 10.7. The first-order valence-corrected chi connectivity index (χ1v) is 14.6. The van der Waals surface area contributed by atoms with Crippen LogP contribution < -0.4 is 14.8 Å². The van der Waals surface area contributed by atoms with E-state index in [-0.39, 0.29) is 5.91 Å². The van der Waals surface area contributed by atoms with E-state index in [1.807, 2.05) is 0 Å². The van der Waals surface area contributed by atoms with E-state index < -0.39 is 0 Å². The number of carbonyl (C=O) groups excluding carboxylic acids is 1. The first-order chi connectivity index (χ1) is 19.5. The molecule has 0 radical (unpaired) electrons. The number of aryl methyl sites for hydroxylation is 3. The van der Waals surface area contributed by atoms with E-state index in [1.165, 1.54) is 16.6 Å². The second kappa shape index (κ2) is 14.5. The van der Waals surface area contributed by atoms with Gasteiger partial charge in [0, 0.05) is 25.1 Å². The maximum Gasteiger partial charge on any atom is 0.251 e. The minimum atomic E-state index is -0.0451. The van der Waals surface area contributed by atoms with Gasteiger partial charge >= 0.3 is 0 Å². The van der Waals surface area contributed by atoms with Crippen LogP contribution >= 0.6 is 0 Å². The molecule has 3 aromatic carbocycles. The SMILES string of the molecule is COc1ccc(C(=O)NCCCCCc2nc3ccccc3n2CCCCOc2cc(C)ccc2C(C)C)cc1. The number of nitrogens with zero attached hydrogens (tertiary/aromatic N) is 2. The summed E-state index contributed by atoms with van der Waals surface area (Å²) in [7, 11) is 1.62. The van der Waals surface area contributed by atoms with Gasteiger partial charge in [-0.2, -0.15) is 0 Å². The molecule has 0 spiro atoms. The third-order valence-electron chi connectivity index (χ3n) is 7.27. The number of rotatable bonds is 15. The van der Waals surface area contributed by atoms with E-state index in [4.69, 9.17) is 14.5 Å². The Morgan fingerprint density at radius 1 is 0.950 bits per heavy atom. The number of hydrogen-bond donors (Lipinski definition) is 1. The Morgan fingerprint density at radius 3 is 2.52 bits per heavy atom. The van der Waals surface area contributed by atoms with Crippen molar-refractivity contribution in [1.29, 1.82) is 0 Å². The van der Waals surface area contributed by atoms with E-state index in [9.17, 15) is 4.79 Å². The molecule has 212 valence electrons. The average Bonchev–Trinajstić information content (AvgIpc) is 3.31. The predicted octanol–water partition coefficient (Wildman–Crippen LogP) is 7.48. The first-order valence-electron chi connectivity index (χ1n) is 14.6. The van der Waals surface area contributed by atoms with Gasteiger partial charge in [0.1, 0.15) is 17.3 Å². The topological polar surface area (TPSA) is 65.4 Å². The van der Waals surface area contributed by atoms with Gasteiger partial charge in [0.2, 0.25) is 0 Å². The zero-order valence-corrected chi connectivity index (χ0v) is 24.4. The van der Waals surface area contributed by atoms with Gasteiger partial charge < -0.3 is 19.4 Å². The number of ether oxygens (including phenoxy) is 2. The van der Waals surface area contributed by atoms with E-state index in [2.05, 4.69) is 73.1 Å². The van der Waals surface area contributed by atoms with Crippen LogP contribution in [0.25, 0.3) is 11.0 Å². The Balaban J connectivity index is 1.23. The Bertz CT molecular complexity index is 1380. The van der Waals surface area contributed by atoms with E-state index in [1.54, 1.807) is 31.4 Å². The van der Waals surface area contributed by atoms with Crippen LogP contribution in [0.4, 0.5) is 0 Å². The lowest BCUT2D eigenvalue weighted by Gasteiger charge is -2.15. The number of carbonyl (C=O) groups is 1. The molecule has 0 aliphatic rings. The zero-order chi connectivity index (χ0) is 28.3. The molecule has 0 atom stereocenters. The number of aromatic nitrogens is 2. The lowest BCUT2D eigenvalue weighted by atomic mass is 10.0. The minimum Gasteiger partial charge on any atom is -0.497 e. The lowest BCUT2D eigenvalue weighted by Crippen LogP contribution is -2.24. The van der Waals surface area contributed by atoms with Crippen LogP contribution in [0.5, 0.6) is 11.5 Å². The molecule has 1 N–H and O–H groups in total. The highest BCUT2D eigenvalue weighted by molar-refractivity contribution is 5.94. The molecule has 40 heavy (non-hydrogen) atoms. The van der Waals surface area contributed by atoms with Gasteiger partial charge in [-0.3, -0.25) is 4.79 Å². The van der Waals surface area contributed by atoms with Crippen LogP contribution in [0.15, 0.2) is 66.7 Å². The Labute approximate surface area is 238 Å². The molecule has 0 saturated carbocycles. The van der Waals surface area contributed by atoms with Crippen molar-refractivity contribution in [2.24, 2.45) is 0 Å². The summed E-state index contributed by atoms with van der Waals surface area (Å²) in [4.78, 5) is 17.3. The van der Waals surface area contributed by atoms with Crippen LogP contribution in [0.1, 0.15) is 79.2 Å². The fraction of sp³-hybridized carbons (Fsp3) is 0.412. The molecule has 0 fully saturated rings. The summed E-state index contributed by atoms with van der Waals surface area (Å²) in [5.41, 5.74) is 5.41. The molecule has 4 aromatic rings. The quantitative estimate of drug-likeness (QED) is 0.159. The van der Waals surface area contributed by atoms with Crippen molar-refractivity contribution in [2.75, 3.05) is 20.3 Å². The molecule has 0 unspecified atom stereocenters. The van der Waals surface area contributed by atoms with Crippen molar-refractivity contribution >= 4 is 16.9 Å². The van der Waals surface area contributed by atoms with Gasteiger partial charge in [-0.05, 0) is 92.1 Å². The summed E-state index contributed by atoms with van der Waals surface area (Å²) >= 11 is 0. The van der Waals surface area contributed by atoms with Gasteiger partial charge in [-0.25, -0.2) is 4.98 Å². The number of benzene rings is 3. The molecule has 1 aromatic heterocycles. The lowest BCUT2D eigenvalue weighted by molar-refractivity contribution is 0.0953. The molecule has 1 amide bonds. The molecular weight excluding hydrogens is 498 g/mol. The van der Waals surface area contributed by atoms with Crippen LogP contribution in [-0.2, 0) is 13.0 Å². The summed E-state index contributed by atoms with van der Waals surface area (Å²) in [6.07, 6.45) is 5.97. The van der Waals surface area contributed by atoms with Gasteiger partial charge in [0.15, 0.2) is 0 Å². The van der Waals surface area contributed by atoms with Crippen molar-refractivity contribution in [3.05, 3.63) is 89.2 Å². The molecule has 0 aliphatic carbocycles. The summed E-state index contributed by atoms with van der Waals surface area (Å²) in [6, 6.07) is 22.1. The smallest absolute Gasteiger partial charge is 0.251 e. The highest BCUT2D eigenvalue weighted by Crippen LogP contribution is 2.28. The Kier molecular flexibility index (Phi) is 10.6. The summed E-state index contributed by atoms with van der Waals surface area (Å²) in [6.45, 7) is 8.85. The number of amides is 1. The first kappa shape index (κ1) is 29.2. The normalized spacial score (nSPS) is 11.2. The molecule has 0 saturated heterocycles. The van der Waals surface area contributed by atoms with Crippen LogP contribution in [0, 0.1) is 6.92 Å². The third kappa shape index (κ3) is 7.87. The molecule has 6 nitrogen and oxygen atoms in total. The maximum absolute atomic E-state index is 12.4. The number of para-hydroxylation sites is 2. The summed E-state index contributed by atoms with van der Waals surface area (Å²) in [5, 5.41) is 3.02. The molecule has 4 rings (SSSR count). The van der Waals surface area contributed by atoms with Crippen molar-refractivity contribution in [3.8, 4) is 11.5 Å². The van der Waals surface area contributed by atoms with Crippen molar-refractivity contribution in [1.82, 2.24) is 14.9 Å². The number of hydrogen-bond acceptors (Lipinski definition) is 4. The number of fused-ring (bicyclic) bond motifs is 1. The summed E-state index contributed by atoms with van der Waals surface area (Å²) in [5.74, 6) is 3.31. The monoisotopic (exact) mass is 541 g/mol. The van der Waals surface area contributed by atoms with Gasteiger partial charge in [-0.15, -0.1) is 0 Å². The van der Waals surface area contributed by atoms with Crippen molar-refractivity contribution < 1.29 is 14.3 Å². The van der Waals surface area contributed by atoms with Crippen LogP contribution in [0.2, 0.25) is 0 Å². The average molecular weight is 542 g/mol. The van der Waals surface area contributed by atoms with Crippen molar-refractivity contribution in [3.63, 3.8) is 0 Å². The Hall–Kier alpha value is -3.80. The molecule has 0 bridgehead atoms. The van der Waals surface area contributed by atoms with E-state index >= 15 is 0 Å². The molecular formula is C34H43N3O3. The Morgan fingerprint density at radius 2 is 1.75 bits per heavy atom. The maximum atomic E-state index is 12.4. The third-order valence-corrected chi connectivity index (χ3v) is 7.27. The van der Waals surface area contributed by atoms with Gasteiger partial charge in [-0.1, -0.05) is 44.5 Å². The van der Waals surface area contributed by atoms with Gasteiger partial charge in [0.25, 0.3) is 5.91 Å². The zero-order valence-electron chi connectivity index (χ0n) is 24.4. The highest BCUT2D eigenvalue weighted by Gasteiger charge is 2.11. The molecule has 1 heterocycles. The molecule has 6 heteroatoms. The van der Waals surface area contributed by atoms with Crippen LogP contribution in [0.3, 0.4) is 0 Å². The van der Waals surface area contributed by atoms with E-state index in [0.717, 1.165) is 67.9 Å². The number of imidazole rings is 1. The fourth-order valence-corrected chi connectivity index (χ4v) is 4.99. The standard InChI is InChI=1S/C34H43N3O3/c1-25(2)29-20-15-26(3)24-32(29)40-23-11-10-22-37-31-13-8-7-12-30(31)36-33(37)14-6-5-9-21-35-34(38)27-16-18-28(39-4)19-17-27/h7-8,12-13,15-20,24-25H,5-6,9-11,14,21-23H2,1-4H3,(H,35,38). The highest BCUT2D eigenvalue weighted by atomic mass is 16.5.